The molecule has 0 aromatic carbocycles. The summed E-state index contributed by atoms with van der Waals surface area (Å²) >= 11 is 0. The van der Waals surface area contributed by atoms with Gasteiger partial charge in [-0.1, -0.05) is 0 Å². The summed E-state index contributed by atoms with van der Waals surface area (Å²) in [5.74, 6) is 3.73. The van der Waals surface area contributed by atoms with Crippen LogP contribution in [0.15, 0.2) is 6.33 Å². The predicted octanol–water partition coefficient (Wildman–Crippen LogP) is 1.96. The van der Waals surface area contributed by atoms with Crippen molar-refractivity contribution >= 4 is 11.7 Å². The molecule has 2 atom stereocenters. The second-order valence-corrected chi connectivity index (χ2v) is 11.0. The number of aliphatic hydroxyl groups is 1. The van der Waals surface area contributed by atoms with E-state index in [0.29, 0.717) is 13.1 Å². The van der Waals surface area contributed by atoms with Gasteiger partial charge >= 0.3 is 0 Å². The van der Waals surface area contributed by atoms with Crippen LogP contribution in [0.4, 0.5) is 5.82 Å². The molecule has 6 aliphatic rings. The van der Waals surface area contributed by atoms with Gasteiger partial charge in [-0.2, -0.15) is 0 Å². The van der Waals surface area contributed by atoms with Crippen LogP contribution in [0, 0.1) is 29.1 Å². The number of anilines is 1. The van der Waals surface area contributed by atoms with Crippen molar-refractivity contribution < 1.29 is 9.90 Å². The molecule has 2 aliphatic heterocycles. The van der Waals surface area contributed by atoms with Crippen LogP contribution in [0.5, 0.6) is 0 Å². The molecule has 0 spiro atoms. The molecule has 1 unspecified atom stereocenters. The fourth-order valence-electron chi connectivity index (χ4n) is 7.81. The lowest BCUT2D eigenvalue weighted by Gasteiger charge is -2.58. The Morgan fingerprint density at radius 3 is 2.65 bits per heavy atom. The van der Waals surface area contributed by atoms with E-state index in [-0.39, 0.29) is 23.3 Å². The van der Waals surface area contributed by atoms with Crippen LogP contribution in [-0.2, 0) is 17.8 Å². The summed E-state index contributed by atoms with van der Waals surface area (Å²) < 4.78 is 0. The van der Waals surface area contributed by atoms with Gasteiger partial charge < -0.3 is 20.6 Å². The van der Waals surface area contributed by atoms with Crippen molar-refractivity contribution in [3.63, 3.8) is 0 Å². The van der Waals surface area contributed by atoms with Crippen molar-refractivity contribution in [1.82, 2.24) is 20.2 Å². The maximum atomic E-state index is 12.8. The molecule has 1 aromatic rings. The van der Waals surface area contributed by atoms with Gasteiger partial charge in [-0.05, 0) is 81.1 Å². The first-order chi connectivity index (χ1) is 15.1. The first kappa shape index (κ1) is 19.9. The van der Waals surface area contributed by atoms with Crippen LogP contribution in [0.3, 0.4) is 0 Å². The molecule has 1 amide bonds. The van der Waals surface area contributed by atoms with Gasteiger partial charge in [0.05, 0.1) is 24.3 Å². The number of fused-ring (bicyclic) bond motifs is 1. The largest absolute Gasteiger partial charge is 0.391 e. The van der Waals surface area contributed by atoms with Crippen molar-refractivity contribution in [2.24, 2.45) is 29.1 Å². The lowest BCUT2D eigenvalue weighted by atomic mass is 9.48. The summed E-state index contributed by atoms with van der Waals surface area (Å²) in [4.78, 5) is 23.8. The summed E-state index contributed by atoms with van der Waals surface area (Å²) in [6.45, 7) is 3.58. The fourth-order valence-corrected chi connectivity index (χ4v) is 7.81. The summed E-state index contributed by atoms with van der Waals surface area (Å²) in [6.07, 6.45) is 10.8. The van der Waals surface area contributed by atoms with Crippen LogP contribution in [-0.4, -0.2) is 58.2 Å². The Morgan fingerprint density at radius 2 is 1.97 bits per heavy atom. The van der Waals surface area contributed by atoms with E-state index in [2.05, 4.69) is 20.6 Å². The Labute approximate surface area is 184 Å². The molecule has 7 rings (SSSR count). The number of carbonyl (C=O) groups is 1. The Bertz CT molecular complexity index is 817. The van der Waals surface area contributed by atoms with E-state index >= 15 is 0 Å². The topological polar surface area (TPSA) is 90.4 Å². The van der Waals surface area contributed by atoms with E-state index in [0.717, 1.165) is 67.3 Å². The summed E-state index contributed by atoms with van der Waals surface area (Å²) in [5, 5.41) is 18.0. The maximum absolute atomic E-state index is 12.8. The molecule has 5 fully saturated rings. The molecule has 4 aliphatic carbocycles. The number of nitrogens with one attached hydrogen (secondary N) is 2. The van der Waals surface area contributed by atoms with Gasteiger partial charge in [0.25, 0.3) is 0 Å². The fraction of sp³-hybridized carbons (Fsp3) is 0.792. The average molecular weight is 426 g/mol. The molecule has 7 nitrogen and oxygen atoms in total. The summed E-state index contributed by atoms with van der Waals surface area (Å²) in [5.41, 5.74) is 2.19. The second-order valence-electron chi connectivity index (χ2n) is 11.0. The van der Waals surface area contributed by atoms with Crippen molar-refractivity contribution in [2.45, 2.75) is 64.0 Å². The number of carbonyl (C=O) groups excluding carboxylic acids is 1. The quantitative estimate of drug-likeness (QED) is 0.668. The smallest absolute Gasteiger partial charge is 0.227 e. The third-order valence-electron chi connectivity index (χ3n) is 8.98. The lowest BCUT2D eigenvalue weighted by molar-refractivity contribution is -0.135. The Hall–Kier alpha value is -1.73. The second kappa shape index (κ2) is 7.69. The number of nitrogens with zero attached hydrogens (tertiary/aromatic N) is 3. The summed E-state index contributed by atoms with van der Waals surface area (Å²) in [6, 6.07) is 0. The zero-order valence-corrected chi connectivity index (χ0v) is 18.4. The molecule has 4 saturated carbocycles. The van der Waals surface area contributed by atoms with Gasteiger partial charge in [-0.15, -0.1) is 0 Å². The van der Waals surface area contributed by atoms with E-state index in [4.69, 9.17) is 0 Å². The Balaban J connectivity index is 1.12. The third kappa shape index (κ3) is 3.54. The number of rotatable bonds is 5. The average Bonchev–Trinajstić information content (AvgIpc) is 3.30. The zero-order valence-electron chi connectivity index (χ0n) is 18.4. The lowest BCUT2D eigenvalue weighted by Crippen LogP contribution is -2.53. The zero-order chi connectivity index (χ0) is 21.0. The van der Waals surface area contributed by atoms with Crippen LogP contribution in [0.2, 0.25) is 0 Å². The van der Waals surface area contributed by atoms with Crippen LogP contribution >= 0.6 is 0 Å². The standard InChI is InChI=1S/C24H35N5O2/c30-21(24-8-15-5-16(9-24)7-17(6-15)10-24)12-26-22-19-2-4-29(13-20(19)27-14-28-22)23(31)18-1-3-25-11-18/h14-18,21,25,30H,1-13H2,(H,26,27,28)/t15?,16?,17?,18-,21?,24?/m0/s1. The SMILES string of the molecule is O=C([C@H]1CCNC1)N1CCc2c(ncnc2NCC(O)C23CC4CC(CC(C4)C2)C3)C1. The maximum Gasteiger partial charge on any atom is 0.227 e. The molecular formula is C24H35N5O2. The minimum Gasteiger partial charge on any atom is -0.391 e. The first-order valence-corrected chi connectivity index (χ1v) is 12.3. The highest BCUT2D eigenvalue weighted by atomic mass is 16.3. The predicted molar refractivity (Wildman–Crippen MR) is 117 cm³/mol. The number of aromatic nitrogens is 2. The molecule has 1 saturated heterocycles. The van der Waals surface area contributed by atoms with E-state index in [1.54, 1.807) is 6.33 Å². The molecule has 1 aromatic heterocycles. The van der Waals surface area contributed by atoms with Crippen LogP contribution < -0.4 is 10.6 Å². The van der Waals surface area contributed by atoms with E-state index in [1.807, 2.05) is 4.90 Å². The monoisotopic (exact) mass is 425 g/mol. The number of hydrogen-bond acceptors (Lipinski definition) is 6. The van der Waals surface area contributed by atoms with Crippen molar-refractivity contribution in [3.05, 3.63) is 17.6 Å². The molecule has 0 radical (unpaired) electrons. The van der Waals surface area contributed by atoms with Gasteiger partial charge in [-0.3, -0.25) is 4.79 Å². The van der Waals surface area contributed by atoms with E-state index < -0.39 is 0 Å². The normalized spacial score (nSPS) is 37.0. The molecule has 3 N–H and O–H groups in total. The van der Waals surface area contributed by atoms with Gasteiger partial charge in [0.1, 0.15) is 12.1 Å². The molecule has 4 bridgehead atoms. The van der Waals surface area contributed by atoms with Gasteiger partial charge in [0.15, 0.2) is 0 Å². The summed E-state index contributed by atoms with van der Waals surface area (Å²) in [7, 11) is 0. The molecule has 168 valence electrons. The van der Waals surface area contributed by atoms with Crippen molar-refractivity contribution in [3.8, 4) is 0 Å². The number of aliphatic hydroxyl groups excluding tert-OH is 1. The molecule has 7 heteroatoms. The molecule has 3 heterocycles. The van der Waals surface area contributed by atoms with Gasteiger partial charge in [0, 0.05) is 25.2 Å². The van der Waals surface area contributed by atoms with E-state index in [1.165, 1.54) is 38.5 Å². The number of hydrogen-bond donors (Lipinski definition) is 3. The van der Waals surface area contributed by atoms with Gasteiger partial charge in [0.2, 0.25) is 5.91 Å². The minimum atomic E-state index is -0.317. The highest BCUT2D eigenvalue weighted by molar-refractivity contribution is 5.79. The number of amides is 1. The highest BCUT2D eigenvalue weighted by Gasteiger charge is 2.53. The Morgan fingerprint density at radius 1 is 1.23 bits per heavy atom. The third-order valence-corrected chi connectivity index (χ3v) is 8.98. The van der Waals surface area contributed by atoms with E-state index in [9.17, 15) is 9.90 Å². The highest BCUT2D eigenvalue weighted by Crippen LogP contribution is 2.61. The van der Waals surface area contributed by atoms with Crippen LogP contribution in [0.25, 0.3) is 0 Å². The molecular weight excluding hydrogens is 390 g/mol. The minimum absolute atomic E-state index is 0.108. The van der Waals surface area contributed by atoms with Crippen molar-refractivity contribution in [1.29, 1.82) is 0 Å². The molecule has 31 heavy (non-hydrogen) atoms. The first-order valence-electron chi connectivity index (χ1n) is 12.3. The Kier molecular flexibility index (Phi) is 4.94. The van der Waals surface area contributed by atoms with Crippen LogP contribution in [0.1, 0.15) is 56.2 Å². The van der Waals surface area contributed by atoms with Gasteiger partial charge in [-0.25, -0.2) is 9.97 Å². The van der Waals surface area contributed by atoms with Crippen molar-refractivity contribution in [2.75, 3.05) is 31.5 Å².